The lowest BCUT2D eigenvalue weighted by molar-refractivity contribution is -0.113. The van der Waals surface area contributed by atoms with E-state index < -0.39 is 21.5 Å². The highest BCUT2D eigenvalue weighted by atomic mass is 35.5. The number of benzene rings is 2. The van der Waals surface area contributed by atoms with Crippen LogP contribution >= 0.6 is 11.6 Å². The first kappa shape index (κ1) is 19.1. The Labute approximate surface area is 162 Å². The average molecular weight is 404 g/mol. The number of rotatable bonds is 6. The number of nitrogens with one attached hydrogen (secondary N) is 1. The van der Waals surface area contributed by atoms with E-state index in [0.717, 1.165) is 11.3 Å². The Morgan fingerprint density at radius 3 is 2.44 bits per heavy atom. The van der Waals surface area contributed by atoms with Crippen LogP contribution in [0.15, 0.2) is 65.6 Å². The third-order valence-corrected chi connectivity index (χ3v) is 5.72. The van der Waals surface area contributed by atoms with Crippen molar-refractivity contribution in [2.75, 3.05) is 11.1 Å². The van der Waals surface area contributed by atoms with Crippen molar-refractivity contribution in [3.63, 3.8) is 0 Å². The number of halogens is 1. The first-order valence-electron chi connectivity index (χ1n) is 8.20. The van der Waals surface area contributed by atoms with Gasteiger partial charge in [0.05, 0.1) is 17.1 Å². The average Bonchev–Trinajstić information content (AvgIpc) is 2.94. The molecular weight excluding hydrogens is 386 g/mol. The molecule has 0 saturated heterocycles. The SMILES string of the molecule is Cc1cc(NC(=O)CS(=O)(=O)c2ccc(Cl)cc2)n(Cc2ccccc2)n1. The Hall–Kier alpha value is -2.64. The molecule has 1 heterocycles. The highest BCUT2D eigenvalue weighted by Gasteiger charge is 2.20. The number of hydrogen-bond donors (Lipinski definition) is 1. The van der Waals surface area contributed by atoms with E-state index in [-0.39, 0.29) is 4.90 Å². The fourth-order valence-electron chi connectivity index (χ4n) is 2.60. The molecule has 0 unspecified atom stereocenters. The molecule has 6 nitrogen and oxygen atoms in total. The Morgan fingerprint density at radius 2 is 1.78 bits per heavy atom. The molecule has 0 atom stereocenters. The van der Waals surface area contributed by atoms with Gasteiger partial charge in [-0.05, 0) is 36.8 Å². The molecule has 1 amide bonds. The molecule has 3 rings (SSSR count). The van der Waals surface area contributed by atoms with Crippen LogP contribution in [0.3, 0.4) is 0 Å². The summed E-state index contributed by atoms with van der Waals surface area (Å²) in [4.78, 5) is 12.4. The van der Waals surface area contributed by atoms with Gasteiger partial charge in [-0.1, -0.05) is 41.9 Å². The van der Waals surface area contributed by atoms with Gasteiger partial charge in [0.1, 0.15) is 11.6 Å². The molecule has 2 aromatic carbocycles. The molecular formula is C19H18ClN3O3S. The van der Waals surface area contributed by atoms with Crippen LogP contribution in [0.5, 0.6) is 0 Å². The quantitative estimate of drug-likeness (QED) is 0.684. The van der Waals surface area contributed by atoms with Crippen molar-refractivity contribution in [3.05, 3.63) is 76.9 Å². The summed E-state index contributed by atoms with van der Waals surface area (Å²) in [6, 6.07) is 17.1. The van der Waals surface area contributed by atoms with Crippen molar-refractivity contribution >= 4 is 33.2 Å². The monoisotopic (exact) mass is 403 g/mol. The van der Waals surface area contributed by atoms with Crippen molar-refractivity contribution in [2.45, 2.75) is 18.4 Å². The summed E-state index contributed by atoms with van der Waals surface area (Å²) >= 11 is 5.78. The van der Waals surface area contributed by atoms with Gasteiger partial charge in [0.25, 0.3) is 0 Å². The first-order valence-corrected chi connectivity index (χ1v) is 10.2. The molecule has 0 fully saturated rings. The summed E-state index contributed by atoms with van der Waals surface area (Å²) in [6.07, 6.45) is 0. The first-order chi connectivity index (χ1) is 12.8. The Kier molecular flexibility index (Phi) is 5.62. The fourth-order valence-corrected chi connectivity index (χ4v) is 3.86. The lowest BCUT2D eigenvalue weighted by Gasteiger charge is -2.10. The minimum atomic E-state index is -3.76. The van der Waals surface area contributed by atoms with Gasteiger partial charge in [-0.3, -0.25) is 4.79 Å². The smallest absolute Gasteiger partial charge is 0.241 e. The van der Waals surface area contributed by atoms with Crippen molar-refractivity contribution in [1.29, 1.82) is 0 Å². The number of nitrogens with zero attached hydrogens (tertiary/aromatic N) is 2. The van der Waals surface area contributed by atoms with Gasteiger partial charge in [-0.2, -0.15) is 5.10 Å². The van der Waals surface area contributed by atoms with E-state index >= 15 is 0 Å². The predicted molar refractivity (Wildman–Crippen MR) is 105 cm³/mol. The molecule has 3 aromatic rings. The minimum Gasteiger partial charge on any atom is -0.310 e. The number of aromatic nitrogens is 2. The molecule has 0 aliphatic carbocycles. The lowest BCUT2D eigenvalue weighted by atomic mass is 10.2. The van der Waals surface area contributed by atoms with Gasteiger partial charge < -0.3 is 5.32 Å². The number of hydrogen-bond acceptors (Lipinski definition) is 4. The normalized spacial score (nSPS) is 11.3. The molecule has 0 spiro atoms. The Balaban J connectivity index is 1.73. The van der Waals surface area contributed by atoms with Crippen molar-refractivity contribution in [3.8, 4) is 0 Å². The number of anilines is 1. The molecule has 0 aliphatic heterocycles. The molecule has 1 aromatic heterocycles. The summed E-state index contributed by atoms with van der Waals surface area (Å²) < 4.78 is 26.4. The molecule has 27 heavy (non-hydrogen) atoms. The second-order valence-corrected chi connectivity index (χ2v) is 8.50. The van der Waals surface area contributed by atoms with Gasteiger partial charge in [0, 0.05) is 11.1 Å². The molecule has 0 saturated carbocycles. The standard InChI is InChI=1S/C19H18ClN3O3S/c1-14-11-18(23(22-14)12-15-5-3-2-4-6-15)21-19(24)13-27(25,26)17-9-7-16(20)8-10-17/h2-11H,12-13H2,1H3,(H,21,24). The van der Waals surface area contributed by atoms with Crippen LogP contribution in [0, 0.1) is 6.92 Å². The molecule has 0 bridgehead atoms. The van der Waals surface area contributed by atoms with E-state index in [1.165, 1.54) is 24.3 Å². The minimum absolute atomic E-state index is 0.0519. The number of aryl methyl sites for hydroxylation is 1. The molecule has 8 heteroatoms. The van der Waals surface area contributed by atoms with E-state index in [9.17, 15) is 13.2 Å². The summed E-state index contributed by atoms with van der Waals surface area (Å²) in [5.74, 6) is -0.837. The summed E-state index contributed by atoms with van der Waals surface area (Å²) in [5.41, 5.74) is 1.74. The lowest BCUT2D eigenvalue weighted by Crippen LogP contribution is -2.24. The Bertz CT molecular complexity index is 1050. The van der Waals surface area contributed by atoms with E-state index in [4.69, 9.17) is 11.6 Å². The van der Waals surface area contributed by atoms with Crippen molar-refractivity contribution in [1.82, 2.24) is 9.78 Å². The highest BCUT2D eigenvalue weighted by molar-refractivity contribution is 7.92. The Morgan fingerprint density at radius 1 is 1.11 bits per heavy atom. The number of carbonyl (C=O) groups is 1. The number of sulfone groups is 1. The van der Waals surface area contributed by atoms with Crippen LogP contribution in [0.2, 0.25) is 5.02 Å². The number of amides is 1. The zero-order chi connectivity index (χ0) is 19.4. The maximum atomic E-state index is 12.4. The second kappa shape index (κ2) is 7.94. The van der Waals surface area contributed by atoms with Gasteiger partial charge in [0.2, 0.25) is 5.91 Å². The summed E-state index contributed by atoms with van der Waals surface area (Å²) in [7, 11) is -3.76. The summed E-state index contributed by atoms with van der Waals surface area (Å²) in [5, 5.41) is 7.44. The van der Waals surface area contributed by atoms with Gasteiger partial charge in [-0.15, -0.1) is 0 Å². The third-order valence-electron chi connectivity index (χ3n) is 3.84. The zero-order valence-electron chi connectivity index (χ0n) is 14.6. The third kappa shape index (κ3) is 4.96. The van der Waals surface area contributed by atoms with Gasteiger partial charge in [-0.25, -0.2) is 13.1 Å². The van der Waals surface area contributed by atoms with Gasteiger partial charge in [0.15, 0.2) is 9.84 Å². The van der Waals surface area contributed by atoms with E-state index in [2.05, 4.69) is 10.4 Å². The molecule has 0 radical (unpaired) electrons. The predicted octanol–water partition coefficient (Wildman–Crippen LogP) is 3.31. The fraction of sp³-hybridized carbons (Fsp3) is 0.158. The van der Waals surface area contributed by atoms with Crippen molar-refractivity contribution < 1.29 is 13.2 Å². The summed E-state index contributed by atoms with van der Waals surface area (Å²) in [6.45, 7) is 2.27. The van der Waals surface area contributed by atoms with E-state index in [1.54, 1.807) is 10.7 Å². The second-order valence-electron chi connectivity index (χ2n) is 6.08. The molecule has 0 aliphatic rings. The van der Waals surface area contributed by atoms with Crippen LogP contribution in [0.1, 0.15) is 11.3 Å². The van der Waals surface area contributed by atoms with Crippen LogP contribution in [-0.4, -0.2) is 29.9 Å². The van der Waals surface area contributed by atoms with Crippen LogP contribution < -0.4 is 5.32 Å². The van der Waals surface area contributed by atoms with E-state index in [1.807, 2.05) is 37.3 Å². The maximum Gasteiger partial charge on any atom is 0.241 e. The molecule has 140 valence electrons. The zero-order valence-corrected chi connectivity index (χ0v) is 16.2. The van der Waals surface area contributed by atoms with Crippen LogP contribution in [0.25, 0.3) is 0 Å². The number of carbonyl (C=O) groups excluding carboxylic acids is 1. The van der Waals surface area contributed by atoms with Gasteiger partial charge >= 0.3 is 0 Å². The topological polar surface area (TPSA) is 81.1 Å². The van der Waals surface area contributed by atoms with E-state index in [0.29, 0.717) is 17.4 Å². The maximum absolute atomic E-state index is 12.4. The largest absolute Gasteiger partial charge is 0.310 e. The molecule has 1 N–H and O–H groups in total. The van der Waals surface area contributed by atoms with Crippen LogP contribution in [0.4, 0.5) is 5.82 Å². The van der Waals surface area contributed by atoms with Crippen LogP contribution in [-0.2, 0) is 21.2 Å². The van der Waals surface area contributed by atoms with Crippen molar-refractivity contribution in [2.24, 2.45) is 0 Å². The highest BCUT2D eigenvalue weighted by Crippen LogP contribution is 2.17.